The molecule has 18 bridgehead atoms. The van der Waals surface area contributed by atoms with Crippen LogP contribution >= 0.6 is 0 Å². The third kappa shape index (κ3) is 20.9. The molecule has 0 spiro atoms. The molecule has 0 aromatic rings. The standard InChI is InChI=1S/C11H20.3C10H18.4C9H16.C8H14.C8H16.C7H14/c1-8-9-4-6-10(7-5-9)11(8,2)3;1-7-8-4-5-9(6-8)10(7,2)3;1-8-7-9-3-5-10(8,2)6-4-9;1-7-8(2)10-5-3-9(7)4-6-10;1-7-5-8-3-4-9(7,2)6-8;1-6-7(2)9-4-3-8(6)5-9;1-7-6-8-2-4-9(7)5-3-8;1-2-8-5-7-3-4-9(8)6-7;1-6-4-7-2-3-8(6)5-7;1-2-8-6-4-3-5-7-8;1-2-7-5-3-4-6-7/h8-10H,4-7H2,1-3H3;7-9H,4-6H2,1-3H3;8-9H,3-7H2,1-2H3;7-10H,3-6H2,1-2H3;7-8H,3-6H2,1-2H3;6-9H,3-5H2,1-2H3;2*7-9H,2-6H2,1H3;6-8H,2-5H2,1H3;8H,2-7H2,1H3;7H,2-6H2,1H3/t;7-,8?,9?;;;7-,8?,9?;6-,7?,8?,9?;;;6-,7?,8?;;/m.1..00..0../s1. The van der Waals surface area contributed by atoms with Gasteiger partial charge in [0.15, 0.2) is 0 Å². The van der Waals surface area contributed by atoms with Gasteiger partial charge in [-0.1, -0.05) is 234 Å². The fraction of sp³-hybridized carbons (Fsp3) is 1.00. The van der Waals surface area contributed by atoms with Crippen molar-refractivity contribution in [3.05, 3.63) is 0 Å². The number of hydrogen-bond donors (Lipinski definition) is 0. The summed E-state index contributed by atoms with van der Waals surface area (Å²) in [5.74, 6) is 31.4. The molecule has 24 aliphatic rings. The highest BCUT2D eigenvalue weighted by Gasteiger charge is 2.51. The van der Waals surface area contributed by atoms with Crippen molar-refractivity contribution in [1.82, 2.24) is 0 Å². The average Bonchev–Trinajstić information content (AvgIpc) is 1.11. The van der Waals surface area contributed by atoms with E-state index < -0.39 is 0 Å². The van der Waals surface area contributed by atoms with Crippen molar-refractivity contribution < 1.29 is 0 Å². The van der Waals surface area contributed by atoms with E-state index in [0.717, 1.165) is 182 Å². The summed E-state index contributed by atoms with van der Waals surface area (Å²) in [6, 6.07) is 0. The Hall–Kier alpha value is 0. The Balaban J connectivity index is 0.000000119. The van der Waals surface area contributed by atoms with E-state index in [0.29, 0.717) is 10.8 Å². The molecular formula is C100H182. The molecule has 0 N–H and O–H groups in total. The monoisotopic (exact) mass is 1380 g/mol. The molecule has 0 amide bonds. The van der Waals surface area contributed by atoms with Crippen LogP contribution in [0.25, 0.3) is 0 Å². The first-order valence-corrected chi connectivity index (χ1v) is 47.7. The number of hydrogen-bond acceptors (Lipinski definition) is 0. The molecular weight excluding hydrogens is 1200 g/mol. The maximum atomic E-state index is 2.49. The molecule has 17 unspecified atom stereocenters. The summed E-state index contributed by atoms with van der Waals surface area (Å²) < 4.78 is 0. The minimum absolute atomic E-state index is 0.654. The smallest absolute Gasteiger partial charge is 0.0297 e. The summed E-state index contributed by atoms with van der Waals surface area (Å²) in [6.45, 7) is 46.3. The largest absolute Gasteiger partial charge is 0.0651 e. The predicted molar refractivity (Wildman–Crippen MR) is 440 cm³/mol. The molecule has 21 atom stereocenters. The van der Waals surface area contributed by atoms with Gasteiger partial charge in [-0.15, -0.1) is 0 Å². The highest BCUT2D eigenvalue weighted by Crippen LogP contribution is 2.61. The van der Waals surface area contributed by atoms with Gasteiger partial charge in [0.2, 0.25) is 0 Å². The van der Waals surface area contributed by atoms with Crippen molar-refractivity contribution >= 4 is 0 Å². The molecule has 0 heteroatoms. The van der Waals surface area contributed by atoms with E-state index in [2.05, 4.69) is 132 Å². The van der Waals surface area contributed by atoms with Gasteiger partial charge in [0, 0.05) is 0 Å². The maximum Gasteiger partial charge on any atom is -0.0297 e. The maximum absolute atomic E-state index is 2.49. The van der Waals surface area contributed by atoms with Crippen LogP contribution in [0.5, 0.6) is 0 Å². The number of rotatable bonds is 3. The fourth-order valence-corrected chi connectivity index (χ4v) is 29.2. The molecule has 100 heavy (non-hydrogen) atoms. The Morgan fingerprint density at radius 2 is 0.630 bits per heavy atom. The van der Waals surface area contributed by atoms with Crippen LogP contribution in [0, 0.1) is 193 Å². The van der Waals surface area contributed by atoms with Gasteiger partial charge in [-0.05, 0) is 399 Å². The van der Waals surface area contributed by atoms with Gasteiger partial charge in [0.1, 0.15) is 0 Å². The third-order valence-corrected chi connectivity index (χ3v) is 39.2. The van der Waals surface area contributed by atoms with Crippen LogP contribution < -0.4 is 0 Å². The number of fused-ring (bicyclic) bond motifs is 22. The summed E-state index contributed by atoms with van der Waals surface area (Å²) in [5.41, 5.74) is 2.84. The van der Waals surface area contributed by atoms with Gasteiger partial charge in [-0.2, -0.15) is 0 Å². The highest BCUT2D eigenvalue weighted by atomic mass is 14.6. The lowest BCUT2D eigenvalue weighted by molar-refractivity contribution is -0.0319. The van der Waals surface area contributed by atoms with E-state index in [1.165, 1.54) is 218 Å². The lowest BCUT2D eigenvalue weighted by atomic mass is 9.52. The molecule has 0 aromatic heterocycles. The SMILES string of the molecule is CC1C2CCC(C2)[C@H]1C.CC1C2CCC(CC2)C1(C)C.CC1C2CCC(CC2)C1C.CC1CC2CCC1(C)CC2.CC1CC2CCC1CC2.CCC1CC2CCC1C2.CCC1CCCC1.CCC1CCCCC1.C[C@@H]1C2CCC(C2)C1(C)C.C[C@H]1CC2CCC1(C)C2.C[C@H]1CC2CCC1C2. The van der Waals surface area contributed by atoms with Gasteiger partial charge in [-0.3, -0.25) is 0 Å². The molecule has 0 aromatic carbocycles. The summed E-state index contributed by atoms with van der Waals surface area (Å²) in [5, 5.41) is 0. The van der Waals surface area contributed by atoms with Crippen LogP contribution in [0.3, 0.4) is 0 Å². The van der Waals surface area contributed by atoms with E-state index >= 15 is 0 Å². The molecule has 24 saturated carbocycles. The minimum atomic E-state index is 0.654. The summed E-state index contributed by atoms with van der Waals surface area (Å²) in [7, 11) is 0. The summed E-state index contributed by atoms with van der Waals surface area (Å²) in [6.07, 6.45) is 73.2. The quantitative estimate of drug-likeness (QED) is 0.264. The van der Waals surface area contributed by atoms with Crippen LogP contribution in [0.4, 0.5) is 0 Å². The van der Waals surface area contributed by atoms with E-state index in [-0.39, 0.29) is 0 Å². The van der Waals surface area contributed by atoms with Gasteiger partial charge in [0.25, 0.3) is 0 Å². The Labute approximate surface area is 629 Å². The highest BCUT2D eigenvalue weighted by molar-refractivity contribution is 5.01. The normalized spacial score (nSPS) is 47.7. The zero-order chi connectivity index (χ0) is 71.7. The Bertz CT molecular complexity index is 2220. The second kappa shape index (κ2) is 37.6. The summed E-state index contributed by atoms with van der Waals surface area (Å²) >= 11 is 0. The van der Waals surface area contributed by atoms with Crippen LogP contribution in [0.1, 0.15) is 440 Å². The first-order chi connectivity index (χ1) is 47.7. The van der Waals surface area contributed by atoms with Crippen molar-refractivity contribution in [3.63, 3.8) is 0 Å². The van der Waals surface area contributed by atoms with E-state index in [1.54, 1.807) is 89.9 Å². The van der Waals surface area contributed by atoms with Crippen LogP contribution in [0.2, 0.25) is 0 Å². The Morgan fingerprint density at radius 1 is 0.250 bits per heavy atom. The molecule has 0 saturated heterocycles. The molecule has 0 nitrogen and oxygen atoms in total. The summed E-state index contributed by atoms with van der Waals surface area (Å²) in [4.78, 5) is 0. The van der Waals surface area contributed by atoms with Crippen LogP contribution in [-0.2, 0) is 0 Å². The molecule has 24 aliphatic carbocycles. The molecule has 0 radical (unpaired) electrons. The van der Waals surface area contributed by atoms with Crippen LogP contribution in [0.15, 0.2) is 0 Å². The topological polar surface area (TPSA) is 0 Å². The van der Waals surface area contributed by atoms with E-state index in [1.807, 2.05) is 0 Å². The van der Waals surface area contributed by atoms with Gasteiger partial charge in [0.05, 0.1) is 0 Å². The first kappa shape index (κ1) is 82.5. The molecule has 582 valence electrons. The van der Waals surface area contributed by atoms with E-state index in [4.69, 9.17) is 0 Å². The van der Waals surface area contributed by atoms with Crippen molar-refractivity contribution in [2.45, 2.75) is 440 Å². The fourth-order valence-electron chi connectivity index (χ4n) is 29.2. The van der Waals surface area contributed by atoms with E-state index in [9.17, 15) is 0 Å². The zero-order valence-electron chi connectivity index (χ0n) is 71.7. The molecule has 24 fully saturated rings. The first-order valence-electron chi connectivity index (χ1n) is 47.7. The minimum Gasteiger partial charge on any atom is -0.0651 e. The van der Waals surface area contributed by atoms with Gasteiger partial charge in [-0.25, -0.2) is 0 Å². The predicted octanol–water partition coefficient (Wildman–Crippen LogP) is 32.0. The second-order valence-corrected chi connectivity index (χ2v) is 44.6. The molecule has 24 rings (SSSR count). The average molecular weight is 1380 g/mol. The molecule has 0 heterocycles. The third-order valence-electron chi connectivity index (χ3n) is 39.2. The van der Waals surface area contributed by atoms with Crippen molar-refractivity contribution in [1.29, 1.82) is 0 Å². The lowest BCUT2D eigenvalue weighted by Crippen LogP contribution is -2.44. The Kier molecular flexibility index (Phi) is 31.0. The van der Waals surface area contributed by atoms with Crippen LogP contribution in [-0.4, -0.2) is 0 Å². The molecule has 0 aliphatic heterocycles. The zero-order valence-corrected chi connectivity index (χ0v) is 71.7. The lowest BCUT2D eigenvalue weighted by Gasteiger charge is -2.53. The van der Waals surface area contributed by atoms with Gasteiger partial charge < -0.3 is 0 Å². The van der Waals surface area contributed by atoms with Crippen molar-refractivity contribution in [2.75, 3.05) is 0 Å². The van der Waals surface area contributed by atoms with Crippen molar-refractivity contribution in [3.8, 4) is 0 Å². The van der Waals surface area contributed by atoms with Crippen molar-refractivity contribution in [2.24, 2.45) is 193 Å². The van der Waals surface area contributed by atoms with Gasteiger partial charge >= 0.3 is 0 Å². The second-order valence-electron chi connectivity index (χ2n) is 44.6. The Morgan fingerprint density at radius 3 is 0.880 bits per heavy atom.